The fourth-order valence-corrected chi connectivity index (χ4v) is 6.12. The summed E-state index contributed by atoms with van der Waals surface area (Å²) in [5, 5.41) is 30.7. The maximum Gasteiger partial charge on any atom is 0.362 e. The highest BCUT2D eigenvalue weighted by molar-refractivity contribution is 5.78. The van der Waals surface area contributed by atoms with E-state index >= 15 is 0 Å². The van der Waals surface area contributed by atoms with Gasteiger partial charge in [-0.05, 0) is 38.5 Å². The molecule has 0 heterocycles. The van der Waals surface area contributed by atoms with E-state index in [9.17, 15) is 29.7 Å². The van der Waals surface area contributed by atoms with Crippen molar-refractivity contribution >= 4 is 17.9 Å². The summed E-state index contributed by atoms with van der Waals surface area (Å²) in [6.45, 7) is 8.08. The molecule has 0 aliphatic carbocycles. The second-order valence-corrected chi connectivity index (χ2v) is 11.2. The lowest BCUT2D eigenvalue weighted by Gasteiger charge is -2.50. The monoisotopic (exact) mass is 554 g/mol. The molecule has 3 N–H and O–H groups in total. The van der Waals surface area contributed by atoms with Crippen molar-refractivity contribution in [2.24, 2.45) is 0 Å². The summed E-state index contributed by atoms with van der Waals surface area (Å²) in [5.41, 5.74) is 0. The van der Waals surface area contributed by atoms with Gasteiger partial charge in [0.15, 0.2) is 18.1 Å². The zero-order valence-electron chi connectivity index (χ0n) is 25.5. The first-order chi connectivity index (χ1) is 18.7. The molecule has 0 fully saturated rings. The number of allylic oxidation sites excluding steroid dienone is 2. The summed E-state index contributed by atoms with van der Waals surface area (Å²) < 4.78 is -0.401. The van der Waals surface area contributed by atoms with E-state index in [1.807, 2.05) is 20.8 Å². The van der Waals surface area contributed by atoms with Crippen LogP contribution in [-0.2, 0) is 14.4 Å². The van der Waals surface area contributed by atoms with Crippen LogP contribution in [0.4, 0.5) is 0 Å². The van der Waals surface area contributed by atoms with Crippen molar-refractivity contribution in [2.45, 2.75) is 168 Å². The van der Waals surface area contributed by atoms with E-state index in [4.69, 9.17) is 0 Å². The summed E-state index contributed by atoms with van der Waals surface area (Å²) >= 11 is 0. The van der Waals surface area contributed by atoms with E-state index in [0.717, 1.165) is 12.8 Å². The number of quaternary nitrogens is 1. The van der Waals surface area contributed by atoms with Crippen LogP contribution in [0.15, 0.2) is 12.2 Å². The van der Waals surface area contributed by atoms with Gasteiger partial charge in [-0.2, -0.15) is 0 Å². The van der Waals surface area contributed by atoms with E-state index < -0.39 is 40.5 Å². The van der Waals surface area contributed by atoms with Crippen LogP contribution in [0, 0.1) is 0 Å². The number of hydrogen-bond acceptors (Lipinski definition) is 3. The Kier molecular flexibility index (Phi) is 21.8. The Bertz CT molecular complexity index is 632. The normalized spacial score (nSPS) is 15.6. The molecule has 0 saturated heterocycles. The summed E-state index contributed by atoms with van der Waals surface area (Å²) in [7, 11) is 0. The van der Waals surface area contributed by atoms with Gasteiger partial charge in [-0.25, -0.2) is 14.4 Å². The number of hydrogen-bond donors (Lipinski definition) is 3. The van der Waals surface area contributed by atoms with Crippen molar-refractivity contribution < 1.29 is 34.2 Å². The Labute approximate surface area is 238 Å². The SMILES string of the molecule is CCCCCCCCCCCC/C=C/CCC[N+](C(CCC)C(=O)O)(C(CCC)C(=O)O)C(CCC)C(=O)O. The Morgan fingerprint density at radius 1 is 0.513 bits per heavy atom. The second-order valence-electron chi connectivity index (χ2n) is 11.2. The lowest BCUT2D eigenvalue weighted by molar-refractivity contribution is -0.973. The number of unbranched alkanes of at least 4 members (excludes halogenated alkanes) is 11. The molecule has 7 heteroatoms. The number of aliphatic carboxylic acids is 3. The molecule has 0 aliphatic heterocycles. The predicted octanol–water partition coefficient (Wildman–Crippen LogP) is 8.21. The maximum atomic E-state index is 12.5. The first-order valence-electron chi connectivity index (χ1n) is 15.9. The van der Waals surface area contributed by atoms with Gasteiger partial charge in [0.2, 0.25) is 0 Å². The molecule has 3 atom stereocenters. The summed E-state index contributed by atoms with van der Waals surface area (Å²) in [5.74, 6) is -3.30. The van der Waals surface area contributed by atoms with Crippen molar-refractivity contribution in [2.75, 3.05) is 6.54 Å². The lowest BCUT2D eigenvalue weighted by atomic mass is 9.91. The molecule has 228 valence electrons. The van der Waals surface area contributed by atoms with Crippen LogP contribution in [-0.4, -0.2) is 62.4 Å². The summed E-state index contributed by atoms with van der Waals surface area (Å²) in [4.78, 5) is 37.6. The Balaban J connectivity index is 5.31. The Morgan fingerprint density at radius 3 is 1.18 bits per heavy atom. The standard InChI is InChI=1S/C32H59NO6/c1-5-9-10-11-12-13-14-15-16-17-18-19-20-21-22-26-33(27(23-6-2)30(34)35,28(24-7-3)31(36)37)29(25-8-4)32(38)39/h19-20,27-29H,5-18,21-26H2,1-4H3,(H2-,34,35,36,37,38,39)/p+1/b20-19+. The molecule has 0 aromatic heterocycles. The number of carboxylic acids is 3. The van der Waals surface area contributed by atoms with Gasteiger partial charge >= 0.3 is 17.9 Å². The molecule has 39 heavy (non-hydrogen) atoms. The van der Waals surface area contributed by atoms with Crippen LogP contribution in [0.2, 0.25) is 0 Å². The number of rotatable bonds is 27. The average molecular weight is 555 g/mol. The molecule has 0 aliphatic rings. The van der Waals surface area contributed by atoms with Crippen molar-refractivity contribution in [3.8, 4) is 0 Å². The molecule has 0 bridgehead atoms. The molecule has 0 saturated carbocycles. The fraction of sp³-hybridized carbons (Fsp3) is 0.844. The van der Waals surface area contributed by atoms with Gasteiger partial charge in [-0.1, -0.05) is 97.6 Å². The van der Waals surface area contributed by atoms with Gasteiger partial charge in [-0.3, -0.25) is 4.48 Å². The topological polar surface area (TPSA) is 112 Å². The third-order valence-electron chi connectivity index (χ3n) is 8.09. The highest BCUT2D eigenvalue weighted by atomic mass is 16.4. The van der Waals surface area contributed by atoms with Crippen molar-refractivity contribution in [3.05, 3.63) is 12.2 Å². The Hall–Kier alpha value is -1.89. The molecular weight excluding hydrogens is 494 g/mol. The van der Waals surface area contributed by atoms with Crippen LogP contribution < -0.4 is 0 Å². The number of nitrogens with zero attached hydrogens (tertiary/aromatic N) is 1. The van der Waals surface area contributed by atoms with Crippen LogP contribution in [0.3, 0.4) is 0 Å². The predicted molar refractivity (Wildman–Crippen MR) is 159 cm³/mol. The zero-order chi connectivity index (χ0) is 29.5. The molecule has 0 rings (SSSR count). The second kappa shape index (κ2) is 22.9. The van der Waals surface area contributed by atoms with Gasteiger partial charge in [0.05, 0.1) is 6.54 Å². The van der Waals surface area contributed by atoms with Crippen molar-refractivity contribution in [3.63, 3.8) is 0 Å². The minimum Gasteiger partial charge on any atom is -0.477 e. The third-order valence-corrected chi connectivity index (χ3v) is 8.09. The van der Waals surface area contributed by atoms with E-state index in [-0.39, 0.29) is 25.8 Å². The molecule has 0 aromatic rings. The van der Waals surface area contributed by atoms with E-state index in [1.165, 1.54) is 57.8 Å². The number of carboxylic acid groups (broad SMARTS) is 3. The third kappa shape index (κ3) is 13.8. The van der Waals surface area contributed by atoms with Crippen LogP contribution in [0.1, 0.15) is 150 Å². The molecule has 0 aromatic carbocycles. The molecule has 3 unspecified atom stereocenters. The molecule has 7 nitrogen and oxygen atoms in total. The Morgan fingerprint density at radius 2 is 0.846 bits per heavy atom. The molecular formula is C32H60NO6+. The van der Waals surface area contributed by atoms with Gasteiger partial charge in [0, 0.05) is 25.7 Å². The van der Waals surface area contributed by atoms with Crippen LogP contribution in [0.5, 0.6) is 0 Å². The minimum atomic E-state index is -1.10. The van der Waals surface area contributed by atoms with E-state index in [1.54, 1.807) is 0 Å². The summed E-state index contributed by atoms with van der Waals surface area (Å²) in [6, 6.07) is -3.19. The first kappa shape index (κ1) is 37.1. The van der Waals surface area contributed by atoms with Crippen molar-refractivity contribution in [1.29, 1.82) is 0 Å². The van der Waals surface area contributed by atoms with Crippen LogP contribution >= 0.6 is 0 Å². The average Bonchev–Trinajstić information content (AvgIpc) is 2.89. The molecule has 0 amide bonds. The zero-order valence-corrected chi connectivity index (χ0v) is 25.5. The van der Waals surface area contributed by atoms with Gasteiger partial charge < -0.3 is 15.3 Å². The molecule has 0 radical (unpaired) electrons. The maximum absolute atomic E-state index is 12.5. The van der Waals surface area contributed by atoms with Gasteiger partial charge in [0.25, 0.3) is 0 Å². The quantitative estimate of drug-likeness (QED) is 0.0536. The minimum absolute atomic E-state index is 0.230. The fourth-order valence-electron chi connectivity index (χ4n) is 6.12. The van der Waals surface area contributed by atoms with Crippen molar-refractivity contribution in [1.82, 2.24) is 0 Å². The first-order valence-corrected chi connectivity index (χ1v) is 15.9. The number of carbonyl (C=O) groups is 3. The van der Waals surface area contributed by atoms with E-state index in [0.29, 0.717) is 32.1 Å². The van der Waals surface area contributed by atoms with Gasteiger partial charge in [0.1, 0.15) is 0 Å². The smallest absolute Gasteiger partial charge is 0.362 e. The highest BCUT2D eigenvalue weighted by Crippen LogP contribution is 2.34. The van der Waals surface area contributed by atoms with E-state index in [2.05, 4.69) is 19.1 Å². The lowest BCUT2D eigenvalue weighted by Crippen LogP contribution is -2.72. The van der Waals surface area contributed by atoms with Crippen LogP contribution in [0.25, 0.3) is 0 Å². The largest absolute Gasteiger partial charge is 0.477 e. The van der Waals surface area contributed by atoms with Gasteiger partial charge in [-0.15, -0.1) is 0 Å². The highest BCUT2D eigenvalue weighted by Gasteiger charge is 2.56. The summed E-state index contributed by atoms with van der Waals surface area (Å²) in [6.07, 6.45) is 21.9. The molecule has 0 spiro atoms.